The third-order valence-electron chi connectivity index (χ3n) is 4.84. The molecule has 1 unspecified atom stereocenters. The van der Waals surface area contributed by atoms with E-state index in [2.05, 4.69) is 20.5 Å². The van der Waals surface area contributed by atoms with Gasteiger partial charge >= 0.3 is 0 Å². The number of piperidine rings is 1. The quantitative estimate of drug-likeness (QED) is 0.664. The zero-order valence-corrected chi connectivity index (χ0v) is 16.5. The van der Waals surface area contributed by atoms with Gasteiger partial charge in [0, 0.05) is 29.6 Å². The van der Waals surface area contributed by atoms with E-state index in [-0.39, 0.29) is 17.9 Å². The first-order valence-electron chi connectivity index (χ1n) is 9.32. The highest BCUT2D eigenvalue weighted by atomic mass is 35.5. The maximum Gasteiger partial charge on any atom is 0.280 e. The Balaban J connectivity index is 1.48. The summed E-state index contributed by atoms with van der Waals surface area (Å²) in [6.07, 6.45) is 3.63. The number of hydrogen-bond donors (Lipinski definition) is 0. The van der Waals surface area contributed by atoms with Crippen molar-refractivity contribution < 1.29 is 9.32 Å². The van der Waals surface area contributed by atoms with Gasteiger partial charge in [0.2, 0.25) is 0 Å². The molecule has 0 radical (unpaired) electrons. The molecule has 0 N–H and O–H groups in total. The van der Waals surface area contributed by atoms with Crippen LogP contribution in [0.5, 0.6) is 0 Å². The molecule has 146 valence electrons. The molecule has 2 aromatic heterocycles. The van der Waals surface area contributed by atoms with E-state index in [1.54, 1.807) is 35.1 Å². The van der Waals surface area contributed by atoms with Crippen LogP contribution in [0.1, 0.15) is 54.8 Å². The fourth-order valence-corrected chi connectivity index (χ4v) is 3.38. The number of carbonyl (C=O) groups excluding carboxylic acids is 1. The molecule has 0 saturated carbocycles. The predicted molar refractivity (Wildman–Crippen MR) is 103 cm³/mol. The highest BCUT2D eigenvalue weighted by molar-refractivity contribution is 6.30. The van der Waals surface area contributed by atoms with Gasteiger partial charge in [0.1, 0.15) is 0 Å². The van der Waals surface area contributed by atoms with E-state index in [9.17, 15) is 4.79 Å². The summed E-state index contributed by atoms with van der Waals surface area (Å²) in [5, 5.41) is 13.0. The van der Waals surface area contributed by atoms with E-state index in [1.807, 2.05) is 18.7 Å². The number of benzene rings is 1. The molecule has 1 aromatic carbocycles. The normalized spacial score (nSPS) is 17.3. The van der Waals surface area contributed by atoms with E-state index >= 15 is 0 Å². The van der Waals surface area contributed by atoms with Gasteiger partial charge in [-0.3, -0.25) is 4.79 Å². The number of amides is 1. The number of nitrogens with zero attached hydrogens (tertiary/aromatic N) is 6. The third-order valence-corrected chi connectivity index (χ3v) is 5.09. The average molecular weight is 401 g/mol. The molecule has 1 aliphatic rings. The van der Waals surface area contributed by atoms with Crippen molar-refractivity contribution in [3.63, 3.8) is 0 Å². The van der Waals surface area contributed by atoms with Crippen LogP contribution in [-0.2, 0) is 0 Å². The van der Waals surface area contributed by atoms with E-state index in [4.69, 9.17) is 16.1 Å². The van der Waals surface area contributed by atoms with Gasteiger partial charge in [-0.1, -0.05) is 35.8 Å². The Morgan fingerprint density at radius 1 is 1.29 bits per heavy atom. The summed E-state index contributed by atoms with van der Waals surface area (Å²) >= 11 is 5.92. The SMILES string of the molecule is CC(C)c1noc(-c2cn(C3CCCN(C(=O)c4ccc(Cl)cc4)C3)nn2)n1. The van der Waals surface area contributed by atoms with Crippen LogP contribution in [0.4, 0.5) is 0 Å². The van der Waals surface area contributed by atoms with E-state index in [0.717, 1.165) is 19.4 Å². The lowest BCUT2D eigenvalue weighted by atomic mass is 10.0. The number of likely N-dealkylation sites (tertiary alicyclic amines) is 1. The lowest BCUT2D eigenvalue weighted by Crippen LogP contribution is -2.40. The van der Waals surface area contributed by atoms with Gasteiger partial charge in [-0.05, 0) is 37.1 Å². The number of rotatable bonds is 4. The van der Waals surface area contributed by atoms with Gasteiger partial charge in [-0.25, -0.2) is 4.68 Å². The number of halogens is 1. The van der Waals surface area contributed by atoms with Crippen molar-refractivity contribution in [2.75, 3.05) is 13.1 Å². The smallest absolute Gasteiger partial charge is 0.280 e. The fraction of sp³-hybridized carbons (Fsp3) is 0.421. The Morgan fingerprint density at radius 2 is 2.07 bits per heavy atom. The molecule has 9 heteroatoms. The molecule has 0 aliphatic carbocycles. The van der Waals surface area contributed by atoms with Gasteiger partial charge in [-0.15, -0.1) is 5.10 Å². The lowest BCUT2D eigenvalue weighted by Gasteiger charge is -2.32. The van der Waals surface area contributed by atoms with Crippen molar-refractivity contribution in [3.8, 4) is 11.6 Å². The Labute approximate surface area is 167 Å². The second-order valence-electron chi connectivity index (χ2n) is 7.25. The van der Waals surface area contributed by atoms with Crippen molar-refractivity contribution in [1.29, 1.82) is 0 Å². The van der Waals surface area contributed by atoms with Crippen LogP contribution in [0.3, 0.4) is 0 Å². The van der Waals surface area contributed by atoms with Crippen LogP contribution >= 0.6 is 11.6 Å². The summed E-state index contributed by atoms with van der Waals surface area (Å²) in [5.41, 5.74) is 1.18. The lowest BCUT2D eigenvalue weighted by molar-refractivity contribution is 0.0672. The minimum Gasteiger partial charge on any atom is -0.337 e. The number of hydrogen-bond acceptors (Lipinski definition) is 6. The van der Waals surface area contributed by atoms with Crippen molar-refractivity contribution in [1.82, 2.24) is 30.0 Å². The maximum atomic E-state index is 12.8. The molecule has 0 bridgehead atoms. The Bertz CT molecular complexity index is 965. The van der Waals surface area contributed by atoms with Gasteiger partial charge in [0.15, 0.2) is 11.5 Å². The highest BCUT2D eigenvalue weighted by Crippen LogP contribution is 2.25. The molecular weight excluding hydrogens is 380 g/mol. The van der Waals surface area contributed by atoms with Crippen LogP contribution < -0.4 is 0 Å². The second-order valence-corrected chi connectivity index (χ2v) is 7.69. The zero-order chi connectivity index (χ0) is 19.7. The van der Waals surface area contributed by atoms with Crippen molar-refractivity contribution in [2.45, 2.75) is 38.6 Å². The Morgan fingerprint density at radius 3 is 2.79 bits per heavy atom. The highest BCUT2D eigenvalue weighted by Gasteiger charge is 2.27. The van der Waals surface area contributed by atoms with Crippen molar-refractivity contribution >= 4 is 17.5 Å². The molecule has 1 saturated heterocycles. The molecule has 28 heavy (non-hydrogen) atoms. The summed E-state index contributed by atoms with van der Waals surface area (Å²) in [6.45, 7) is 5.30. The summed E-state index contributed by atoms with van der Waals surface area (Å²) in [4.78, 5) is 19.0. The average Bonchev–Trinajstić information content (AvgIpc) is 3.38. The van der Waals surface area contributed by atoms with E-state index < -0.39 is 0 Å². The summed E-state index contributed by atoms with van der Waals surface area (Å²) in [5.74, 6) is 1.18. The van der Waals surface area contributed by atoms with Gasteiger partial charge in [-0.2, -0.15) is 4.98 Å². The van der Waals surface area contributed by atoms with E-state index in [1.165, 1.54) is 0 Å². The van der Waals surface area contributed by atoms with Gasteiger partial charge in [0.05, 0.1) is 12.2 Å². The van der Waals surface area contributed by atoms with Crippen LogP contribution in [0.15, 0.2) is 35.0 Å². The van der Waals surface area contributed by atoms with Crippen LogP contribution in [-0.4, -0.2) is 49.0 Å². The first kappa shape index (κ1) is 18.6. The molecule has 1 atom stereocenters. The molecule has 1 fully saturated rings. The molecule has 4 rings (SSSR count). The standard InChI is InChI=1S/C19H21ClN6O2/c1-12(2)17-21-18(28-23-17)16-11-26(24-22-16)15-4-3-9-25(10-15)19(27)13-5-7-14(20)8-6-13/h5-8,11-12,15H,3-4,9-10H2,1-2H3. The Hall–Kier alpha value is -2.74. The molecule has 3 aromatic rings. The molecule has 8 nitrogen and oxygen atoms in total. The van der Waals surface area contributed by atoms with Crippen LogP contribution in [0, 0.1) is 0 Å². The van der Waals surface area contributed by atoms with Crippen LogP contribution in [0.25, 0.3) is 11.6 Å². The largest absolute Gasteiger partial charge is 0.337 e. The summed E-state index contributed by atoms with van der Waals surface area (Å²) in [6, 6.07) is 7.03. The molecule has 1 amide bonds. The topological polar surface area (TPSA) is 89.9 Å². The first-order chi connectivity index (χ1) is 13.5. The second kappa shape index (κ2) is 7.71. The minimum absolute atomic E-state index is 0.000168. The molecule has 1 aliphatic heterocycles. The molecule has 3 heterocycles. The van der Waals surface area contributed by atoms with Crippen LogP contribution in [0.2, 0.25) is 5.02 Å². The molecule has 0 spiro atoms. The summed E-state index contributed by atoms with van der Waals surface area (Å²) < 4.78 is 7.07. The van der Waals surface area contributed by atoms with Crippen molar-refractivity contribution in [3.05, 3.63) is 46.9 Å². The number of carbonyl (C=O) groups is 1. The number of aromatic nitrogens is 5. The van der Waals surface area contributed by atoms with Gasteiger partial charge < -0.3 is 9.42 Å². The summed E-state index contributed by atoms with van der Waals surface area (Å²) in [7, 11) is 0. The Kier molecular flexibility index (Phi) is 5.13. The maximum absolute atomic E-state index is 12.8. The first-order valence-corrected chi connectivity index (χ1v) is 9.69. The zero-order valence-electron chi connectivity index (χ0n) is 15.7. The predicted octanol–water partition coefficient (Wildman–Crippen LogP) is 3.58. The fourth-order valence-electron chi connectivity index (χ4n) is 3.26. The van der Waals surface area contributed by atoms with Crippen molar-refractivity contribution in [2.24, 2.45) is 0 Å². The third kappa shape index (κ3) is 3.77. The minimum atomic E-state index is 0.000168. The monoisotopic (exact) mass is 400 g/mol. The van der Waals surface area contributed by atoms with Gasteiger partial charge in [0.25, 0.3) is 11.8 Å². The van der Waals surface area contributed by atoms with E-state index in [0.29, 0.717) is 34.5 Å². The molecular formula is C19H21ClN6O2.